The first-order valence-corrected chi connectivity index (χ1v) is 5.55. The highest BCUT2D eigenvalue weighted by Crippen LogP contribution is 2.31. The van der Waals surface area contributed by atoms with Gasteiger partial charge in [-0.2, -0.15) is 13.2 Å². The van der Waals surface area contributed by atoms with Crippen LogP contribution in [0.5, 0.6) is 11.5 Å². The summed E-state index contributed by atoms with van der Waals surface area (Å²) in [5.41, 5.74) is -0.737. The molecular weight excluding hydrogens is 273 g/mol. The molecule has 0 atom stereocenters. The molecule has 0 aliphatic heterocycles. The zero-order valence-corrected chi connectivity index (χ0v) is 10.0. The number of carboxylic acid groups (broad SMARTS) is 1. The lowest BCUT2D eigenvalue weighted by Crippen LogP contribution is -2.04. The summed E-state index contributed by atoms with van der Waals surface area (Å²) in [7, 11) is 0. The minimum Gasteiger partial charge on any atom is -0.478 e. The van der Waals surface area contributed by atoms with E-state index < -0.39 is 17.7 Å². The lowest BCUT2D eigenvalue weighted by molar-refractivity contribution is -0.137. The summed E-state index contributed by atoms with van der Waals surface area (Å²) in [5.74, 6) is -0.673. The van der Waals surface area contributed by atoms with Gasteiger partial charge in [0.25, 0.3) is 0 Å². The van der Waals surface area contributed by atoms with Crippen molar-refractivity contribution in [2.24, 2.45) is 0 Å². The van der Waals surface area contributed by atoms with Crippen molar-refractivity contribution in [2.45, 2.75) is 6.18 Å². The van der Waals surface area contributed by atoms with Crippen LogP contribution in [0.4, 0.5) is 13.2 Å². The summed E-state index contributed by atoms with van der Waals surface area (Å²) < 4.78 is 42.5. The van der Waals surface area contributed by atoms with E-state index in [4.69, 9.17) is 9.84 Å². The smallest absolute Gasteiger partial charge is 0.416 e. The Hall–Kier alpha value is -2.50. The molecule has 20 heavy (non-hydrogen) atoms. The minimum absolute atomic E-state index is 0.0365. The van der Waals surface area contributed by atoms with Crippen molar-refractivity contribution in [1.29, 1.82) is 0 Å². The Balaban J connectivity index is 2.18. The average Bonchev–Trinajstić information content (AvgIpc) is 2.38. The summed E-state index contributed by atoms with van der Waals surface area (Å²) in [6.45, 7) is 0. The van der Waals surface area contributed by atoms with Gasteiger partial charge >= 0.3 is 12.1 Å². The highest BCUT2D eigenvalue weighted by atomic mass is 19.4. The van der Waals surface area contributed by atoms with Crippen LogP contribution in [0.3, 0.4) is 0 Å². The summed E-state index contributed by atoms with van der Waals surface area (Å²) in [6, 6.07) is 9.84. The number of ether oxygens (including phenoxy) is 1. The maximum Gasteiger partial charge on any atom is 0.416 e. The molecule has 0 aliphatic rings. The van der Waals surface area contributed by atoms with E-state index in [0.29, 0.717) is 0 Å². The lowest BCUT2D eigenvalue weighted by Gasteiger charge is -2.09. The van der Waals surface area contributed by atoms with E-state index in [2.05, 4.69) is 0 Å². The maximum absolute atomic E-state index is 12.4. The molecule has 2 aromatic carbocycles. The van der Waals surface area contributed by atoms with Gasteiger partial charge in [-0.25, -0.2) is 4.79 Å². The first kappa shape index (κ1) is 13.9. The van der Waals surface area contributed by atoms with Crippen molar-refractivity contribution >= 4 is 5.97 Å². The van der Waals surface area contributed by atoms with Crippen LogP contribution in [0.2, 0.25) is 0 Å². The topological polar surface area (TPSA) is 46.5 Å². The molecular formula is C14H9F3O3. The van der Waals surface area contributed by atoms with Gasteiger partial charge < -0.3 is 9.84 Å². The molecule has 0 bridgehead atoms. The molecule has 0 heterocycles. The second-order valence-corrected chi connectivity index (χ2v) is 3.96. The molecule has 2 rings (SSSR count). The number of alkyl halides is 3. The Bertz CT molecular complexity index is 618. The van der Waals surface area contributed by atoms with Gasteiger partial charge in [0.15, 0.2) is 0 Å². The molecule has 0 unspecified atom stereocenters. The molecule has 3 nitrogen and oxygen atoms in total. The lowest BCUT2D eigenvalue weighted by atomic mass is 10.2. The van der Waals surface area contributed by atoms with Crippen molar-refractivity contribution in [3.8, 4) is 11.5 Å². The van der Waals surface area contributed by atoms with Crippen LogP contribution >= 0.6 is 0 Å². The quantitative estimate of drug-likeness (QED) is 0.917. The van der Waals surface area contributed by atoms with Crippen molar-refractivity contribution in [3.05, 3.63) is 59.7 Å². The Morgan fingerprint density at radius 3 is 2.20 bits per heavy atom. The van der Waals surface area contributed by atoms with Gasteiger partial charge in [-0.15, -0.1) is 0 Å². The number of carbonyl (C=O) groups is 1. The highest BCUT2D eigenvalue weighted by Gasteiger charge is 2.30. The Morgan fingerprint density at radius 1 is 1.00 bits per heavy atom. The summed E-state index contributed by atoms with van der Waals surface area (Å²) in [6.07, 6.45) is -4.40. The zero-order chi connectivity index (χ0) is 14.8. The number of benzene rings is 2. The van der Waals surface area contributed by atoms with Gasteiger partial charge in [0.2, 0.25) is 0 Å². The normalized spacial score (nSPS) is 11.2. The molecule has 0 saturated carbocycles. The van der Waals surface area contributed by atoms with Crippen LogP contribution in [0.1, 0.15) is 15.9 Å². The monoisotopic (exact) mass is 282 g/mol. The van der Waals surface area contributed by atoms with Gasteiger partial charge in [0, 0.05) is 0 Å². The fourth-order valence-electron chi connectivity index (χ4n) is 1.54. The third-order valence-corrected chi connectivity index (χ3v) is 2.50. The van der Waals surface area contributed by atoms with Crippen molar-refractivity contribution in [1.82, 2.24) is 0 Å². The van der Waals surface area contributed by atoms with E-state index in [-0.39, 0.29) is 17.1 Å². The third kappa shape index (κ3) is 3.28. The second kappa shape index (κ2) is 5.24. The summed E-state index contributed by atoms with van der Waals surface area (Å²) in [4.78, 5) is 10.8. The summed E-state index contributed by atoms with van der Waals surface area (Å²) in [5, 5.41) is 8.82. The minimum atomic E-state index is -4.40. The van der Waals surface area contributed by atoms with Crippen LogP contribution in [0, 0.1) is 0 Å². The predicted octanol–water partition coefficient (Wildman–Crippen LogP) is 4.20. The molecule has 0 fully saturated rings. The molecule has 0 saturated heterocycles. The SMILES string of the molecule is O=C(O)c1cccc(Oc2ccc(C(F)(F)F)cc2)c1. The number of aromatic carboxylic acids is 1. The van der Waals surface area contributed by atoms with E-state index in [9.17, 15) is 18.0 Å². The van der Waals surface area contributed by atoms with E-state index >= 15 is 0 Å². The van der Waals surface area contributed by atoms with Crippen LogP contribution in [0.15, 0.2) is 48.5 Å². The van der Waals surface area contributed by atoms with E-state index in [0.717, 1.165) is 12.1 Å². The largest absolute Gasteiger partial charge is 0.478 e. The maximum atomic E-state index is 12.4. The molecule has 2 aromatic rings. The Morgan fingerprint density at radius 2 is 1.65 bits per heavy atom. The number of halogens is 3. The molecule has 0 spiro atoms. The standard InChI is InChI=1S/C14H9F3O3/c15-14(16,17)10-4-6-11(7-5-10)20-12-3-1-2-9(8-12)13(18)19/h1-8H,(H,18,19). The number of rotatable bonds is 3. The first-order valence-electron chi connectivity index (χ1n) is 5.55. The number of hydrogen-bond acceptors (Lipinski definition) is 2. The Labute approximate surface area is 112 Å². The average molecular weight is 282 g/mol. The summed E-state index contributed by atoms with van der Waals surface area (Å²) >= 11 is 0. The number of hydrogen-bond donors (Lipinski definition) is 1. The molecule has 0 aromatic heterocycles. The molecule has 1 N–H and O–H groups in total. The highest BCUT2D eigenvalue weighted by molar-refractivity contribution is 5.88. The molecule has 0 radical (unpaired) electrons. The van der Waals surface area contributed by atoms with Gasteiger partial charge in [-0.1, -0.05) is 6.07 Å². The van der Waals surface area contributed by atoms with Crippen LogP contribution in [-0.4, -0.2) is 11.1 Å². The van der Waals surface area contributed by atoms with Crippen molar-refractivity contribution in [3.63, 3.8) is 0 Å². The fourth-order valence-corrected chi connectivity index (χ4v) is 1.54. The van der Waals surface area contributed by atoms with Crippen LogP contribution < -0.4 is 4.74 Å². The van der Waals surface area contributed by atoms with Gasteiger partial charge in [-0.05, 0) is 42.5 Å². The Kier molecular flexibility index (Phi) is 3.65. The third-order valence-electron chi connectivity index (χ3n) is 2.50. The van der Waals surface area contributed by atoms with E-state index in [1.165, 1.54) is 36.4 Å². The van der Waals surface area contributed by atoms with E-state index in [1.54, 1.807) is 0 Å². The van der Waals surface area contributed by atoms with Crippen LogP contribution in [0.25, 0.3) is 0 Å². The van der Waals surface area contributed by atoms with Crippen LogP contribution in [-0.2, 0) is 6.18 Å². The van der Waals surface area contributed by atoms with Crippen molar-refractivity contribution < 1.29 is 27.8 Å². The molecule has 0 amide bonds. The van der Waals surface area contributed by atoms with Gasteiger partial charge in [-0.3, -0.25) is 0 Å². The molecule has 6 heteroatoms. The van der Waals surface area contributed by atoms with Gasteiger partial charge in [0.05, 0.1) is 11.1 Å². The second-order valence-electron chi connectivity index (χ2n) is 3.96. The number of carboxylic acids is 1. The first-order chi connectivity index (χ1) is 9.36. The molecule has 104 valence electrons. The fraction of sp³-hybridized carbons (Fsp3) is 0.0714. The molecule has 0 aliphatic carbocycles. The van der Waals surface area contributed by atoms with Gasteiger partial charge in [0.1, 0.15) is 11.5 Å². The zero-order valence-electron chi connectivity index (χ0n) is 10.0. The predicted molar refractivity (Wildman–Crippen MR) is 64.9 cm³/mol. The van der Waals surface area contributed by atoms with E-state index in [1.807, 2.05) is 0 Å². The van der Waals surface area contributed by atoms with Crippen molar-refractivity contribution in [2.75, 3.05) is 0 Å².